The Balaban J connectivity index is 2.45. The molecule has 1 saturated carbocycles. The van der Waals surface area contributed by atoms with Gasteiger partial charge >= 0.3 is 0 Å². The lowest BCUT2D eigenvalue weighted by molar-refractivity contribution is 0.162. The van der Waals surface area contributed by atoms with Crippen LogP contribution in [0.25, 0.3) is 0 Å². The van der Waals surface area contributed by atoms with E-state index in [1.54, 1.807) is 0 Å². The molecule has 0 bridgehead atoms. The molecule has 1 N–H and O–H groups in total. The van der Waals surface area contributed by atoms with Gasteiger partial charge in [0.15, 0.2) is 0 Å². The molecule has 54 valence electrons. The van der Waals surface area contributed by atoms with Crippen molar-refractivity contribution in [1.29, 1.82) is 0 Å². The van der Waals surface area contributed by atoms with Crippen LogP contribution in [-0.4, -0.2) is 11.2 Å². The average Bonchev–Trinajstić information content (AvgIpc) is 2.13. The number of aliphatic hydroxyl groups excluding tert-OH is 1. The van der Waals surface area contributed by atoms with E-state index < -0.39 is 0 Å². The quantitative estimate of drug-likeness (QED) is 0.572. The summed E-state index contributed by atoms with van der Waals surface area (Å²) in [4.78, 5) is 0. The van der Waals surface area contributed by atoms with E-state index in [4.69, 9.17) is 0 Å². The molecule has 0 aromatic heterocycles. The summed E-state index contributed by atoms with van der Waals surface area (Å²) < 4.78 is 0. The normalized spacial score (nSPS) is 43.7. The molecule has 1 rings (SSSR count). The van der Waals surface area contributed by atoms with Crippen molar-refractivity contribution < 1.29 is 5.11 Å². The first-order valence-electron chi connectivity index (χ1n) is 3.84. The molecule has 0 aliphatic heterocycles. The summed E-state index contributed by atoms with van der Waals surface area (Å²) in [5, 5.41) is 9.20. The van der Waals surface area contributed by atoms with Gasteiger partial charge in [-0.05, 0) is 24.7 Å². The fourth-order valence-electron chi connectivity index (χ4n) is 1.61. The molecule has 1 nitrogen and oxygen atoms in total. The van der Waals surface area contributed by atoms with Gasteiger partial charge in [0.05, 0.1) is 6.10 Å². The van der Waals surface area contributed by atoms with Crippen molar-refractivity contribution in [3.05, 3.63) is 0 Å². The van der Waals surface area contributed by atoms with Gasteiger partial charge in [-0.1, -0.05) is 20.3 Å². The van der Waals surface area contributed by atoms with Gasteiger partial charge in [0, 0.05) is 0 Å². The minimum atomic E-state index is -0.00468. The predicted octanol–water partition coefficient (Wildman–Crippen LogP) is 1.95. The summed E-state index contributed by atoms with van der Waals surface area (Å²) >= 11 is 0. The van der Waals surface area contributed by atoms with Crippen LogP contribution in [0.15, 0.2) is 0 Å². The topological polar surface area (TPSA) is 20.2 Å². The monoisotopic (exact) mass is 128 g/mol. The van der Waals surface area contributed by atoms with E-state index in [0.717, 1.165) is 12.8 Å². The zero-order valence-corrected chi connectivity index (χ0v) is 6.35. The third-order valence-electron chi connectivity index (χ3n) is 2.66. The lowest BCUT2D eigenvalue weighted by Gasteiger charge is -2.20. The number of hydrogen-bond donors (Lipinski definition) is 1. The summed E-state index contributed by atoms with van der Waals surface area (Å²) in [6.07, 6.45) is 4.46. The molecule has 0 amide bonds. The minimum Gasteiger partial charge on any atom is -0.393 e. The Kier molecular flexibility index (Phi) is 1.80. The van der Waals surface area contributed by atoms with Gasteiger partial charge in [-0.2, -0.15) is 0 Å². The molecule has 1 aliphatic carbocycles. The first kappa shape index (κ1) is 7.07. The molecule has 1 aliphatic rings. The van der Waals surface area contributed by atoms with Crippen LogP contribution in [0.3, 0.4) is 0 Å². The third-order valence-corrected chi connectivity index (χ3v) is 2.66. The maximum atomic E-state index is 9.20. The Morgan fingerprint density at radius 2 is 2.33 bits per heavy atom. The van der Waals surface area contributed by atoms with Gasteiger partial charge in [-0.3, -0.25) is 0 Å². The van der Waals surface area contributed by atoms with Gasteiger partial charge in [-0.25, -0.2) is 0 Å². The summed E-state index contributed by atoms with van der Waals surface area (Å²) in [5.74, 6) is 0. The molecular formula is C8H16O. The maximum absolute atomic E-state index is 9.20. The molecular weight excluding hydrogens is 112 g/mol. The number of aliphatic hydroxyl groups is 1. The van der Waals surface area contributed by atoms with Crippen LogP contribution in [0.2, 0.25) is 0 Å². The van der Waals surface area contributed by atoms with Crippen molar-refractivity contribution in [3.63, 3.8) is 0 Å². The van der Waals surface area contributed by atoms with E-state index in [1.807, 2.05) is 0 Å². The predicted molar refractivity (Wildman–Crippen MR) is 38.3 cm³/mol. The van der Waals surface area contributed by atoms with Gasteiger partial charge in [0.1, 0.15) is 0 Å². The van der Waals surface area contributed by atoms with Crippen LogP contribution in [0.1, 0.15) is 39.5 Å². The van der Waals surface area contributed by atoms with Crippen molar-refractivity contribution in [2.45, 2.75) is 45.6 Å². The second-order valence-electron chi connectivity index (χ2n) is 3.56. The number of rotatable bonds is 1. The molecule has 0 spiro atoms. The van der Waals surface area contributed by atoms with Gasteiger partial charge in [0.2, 0.25) is 0 Å². The molecule has 2 atom stereocenters. The second kappa shape index (κ2) is 2.30. The first-order chi connectivity index (χ1) is 4.16. The number of hydrogen-bond acceptors (Lipinski definition) is 1. The van der Waals surface area contributed by atoms with Gasteiger partial charge in [-0.15, -0.1) is 0 Å². The second-order valence-corrected chi connectivity index (χ2v) is 3.56. The molecule has 2 unspecified atom stereocenters. The molecule has 0 heterocycles. The van der Waals surface area contributed by atoms with E-state index in [1.165, 1.54) is 12.8 Å². The van der Waals surface area contributed by atoms with Crippen LogP contribution in [0.4, 0.5) is 0 Å². The summed E-state index contributed by atoms with van der Waals surface area (Å²) in [7, 11) is 0. The fourth-order valence-corrected chi connectivity index (χ4v) is 1.61. The first-order valence-corrected chi connectivity index (χ1v) is 3.84. The van der Waals surface area contributed by atoms with E-state index in [9.17, 15) is 5.11 Å². The van der Waals surface area contributed by atoms with Crippen LogP contribution >= 0.6 is 0 Å². The highest BCUT2D eigenvalue weighted by Gasteiger charge is 2.31. The van der Waals surface area contributed by atoms with E-state index in [0.29, 0.717) is 5.41 Å². The lowest BCUT2D eigenvalue weighted by atomic mass is 9.86. The largest absolute Gasteiger partial charge is 0.393 e. The van der Waals surface area contributed by atoms with Crippen molar-refractivity contribution in [2.75, 3.05) is 0 Å². The zero-order valence-electron chi connectivity index (χ0n) is 6.35. The smallest absolute Gasteiger partial charge is 0.0545 e. The highest BCUT2D eigenvalue weighted by atomic mass is 16.3. The highest BCUT2D eigenvalue weighted by Crippen LogP contribution is 2.40. The zero-order chi connectivity index (χ0) is 6.91. The van der Waals surface area contributed by atoms with Crippen LogP contribution in [0.5, 0.6) is 0 Å². The molecule has 0 saturated heterocycles. The Hall–Kier alpha value is -0.0400. The van der Waals surface area contributed by atoms with E-state index in [2.05, 4.69) is 13.8 Å². The molecule has 9 heavy (non-hydrogen) atoms. The minimum absolute atomic E-state index is 0.00468. The van der Waals surface area contributed by atoms with E-state index in [-0.39, 0.29) is 6.10 Å². The Morgan fingerprint density at radius 3 is 2.56 bits per heavy atom. The van der Waals surface area contributed by atoms with Crippen LogP contribution in [0, 0.1) is 5.41 Å². The maximum Gasteiger partial charge on any atom is 0.0545 e. The molecule has 0 aromatic carbocycles. The summed E-state index contributed by atoms with van der Waals surface area (Å²) in [6, 6.07) is 0. The summed E-state index contributed by atoms with van der Waals surface area (Å²) in [5.41, 5.74) is 0.458. The highest BCUT2D eigenvalue weighted by molar-refractivity contribution is 4.83. The fraction of sp³-hybridized carbons (Fsp3) is 1.00. The van der Waals surface area contributed by atoms with Crippen molar-refractivity contribution in [1.82, 2.24) is 0 Å². The van der Waals surface area contributed by atoms with Crippen LogP contribution < -0.4 is 0 Å². The van der Waals surface area contributed by atoms with E-state index >= 15 is 0 Å². The van der Waals surface area contributed by atoms with Crippen LogP contribution in [-0.2, 0) is 0 Å². The lowest BCUT2D eigenvalue weighted by Crippen LogP contribution is -2.11. The van der Waals surface area contributed by atoms with Gasteiger partial charge < -0.3 is 5.11 Å². The summed E-state index contributed by atoms with van der Waals surface area (Å²) in [6.45, 7) is 4.47. The Bertz CT molecular complexity index is 101. The van der Waals surface area contributed by atoms with Gasteiger partial charge in [0.25, 0.3) is 0 Å². The van der Waals surface area contributed by atoms with Crippen molar-refractivity contribution in [2.24, 2.45) is 5.41 Å². The van der Waals surface area contributed by atoms with Crippen molar-refractivity contribution in [3.8, 4) is 0 Å². The average molecular weight is 128 g/mol. The standard InChI is InChI=1S/C8H16O/c1-3-8(2)5-4-7(9)6-8/h7,9H,3-6H2,1-2H3. The SMILES string of the molecule is CCC1(C)CCC(O)C1. The Labute approximate surface area is 57.1 Å². The van der Waals surface area contributed by atoms with Crippen molar-refractivity contribution >= 4 is 0 Å². The molecule has 1 heteroatoms. The third kappa shape index (κ3) is 1.45. The molecule has 0 radical (unpaired) electrons. The molecule has 1 fully saturated rings. The Morgan fingerprint density at radius 1 is 1.67 bits per heavy atom. The molecule has 0 aromatic rings.